The average Bonchev–Trinajstić information content (AvgIpc) is 2.70. The van der Waals surface area contributed by atoms with Gasteiger partial charge in [-0.1, -0.05) is 13.8 Å². The molecule has 0 bridgehead atoms. The molecule has 2 aromatic rings. The van der Waals surface area contributed by atoms with Gasteiger partial charge in [0.1, 0.15) is 11.3 Å². The molecule has 0 aliphatic heterocycles. The smallest absolute Gasteiger partial charge is 0.160 e. The molecule has 0 spiro atoms. The number of aromatic nitrogens is 3. The van der Waals surface area contributed by atoms with Gasteiger partial charge in [0.25, 0.3) is 0 Å². The Bertz CT molecular complexity index is 513. The maximum atomic E-state index is 6.32. The summed E-state index contributed by atoms with van der Waals surface area (Å²) in [7, 11) is 0. The Kier molecular flexibility index (Phi) is 3.15. The number of fused-ring (bicyclic) bond motifs is 1. The second-order valence-corrected chi connectivity index (χ2v) is 4.70. The number of nitrogens with two attached hydrogens (primary N) is 1. The van der Waals surface area contributed by atoms with Crippen molar-refractivity contribution < 1.29 is 0 Å². The molecular weight excluding hydrogens is 212 g/mol. The second-order valence-electron chi connectivity index (χ2n) is 4.70. The molecule has 1 unspecified atom stereocenters. The summed E-state index contributed by atoms with van der Waals surface area (Å²) in [6.07, 6.45) is 3.72. The predicted octanol–water partition coefficient (Wildman–Crippen LogP) is 2.43. The number of aryl methyl sites for hydroxylation is 1. The molecule has 2 rings (SSSR count). The highest BCUT2D eigenvalue weighted by atomic mass is 15.2. The first-order valence-corrected chi connectivity index (χ1v) is 6.20. The van der Waals surface area contributed by atoms with Crippen LogP contribution in [0, 0.1) is 0 Å². The van der Waals surface area contributed by atoms with Crippen molar-refractivity contribution in [3.63, 3.8) is 0 Å². The standard InChI is InChI=1S/C13H20N4/c1-4-9-17-11-10(7-6-8-15-11)16-12(17)13(3,14)5-2/h6-8H,4-5,9,14H2,1-3H3. The number of imidazole rings is 1. The Morgan fingerprint density at radius 3 is 2.82 bits per heavy atom. The fraction of sp³-hybridized carbons (Fsp3) is 0.538. The van der Waals surface area contributed by atoms with Crippen LogP contribution in [-0.2, 0) is 12.1 Å². The summed E-state index contributed by atoms with van der Waals surface area (Å²) in [6.45, 7) is 7.18. The van der Waals surface area contributed by atoms with Crippen LogP contribution in [0.1, 0.15) is 39.4 Å². The third kappa shape index (κ3) is 2.05. The van der Waals surface area contributed by atoms with Crippen LogP contribution in [-0.4, -0.2) is 14.5 Å². The average molecular weight is 232 g/mol. The number of pyridine rings is 1. The van der Waals surface area contributed by atoms with Gasteiger partial charge in [-0.25, -0.2) is 9.97 Å². The third-order valence-corrected chi connectivity index (χ3v) is 3.20. The zero-order valence-electron chi connectivity index (χ0n) is 10.8. The van der Waals surface area contributed by atoms with Crippen molar-refractivity contribution >= 4 is 11.2 Å². The van der Waals surface area contributed by atoms with Crippen LogP contribution in [0.4, 0.5) is 0 Å². The van der Waals surface area contributed by atoms with Gasteiger partial charge in [0, 0.05) is 12.7 Å². The SMILES string of the molecule is CCCn1c(C(C)(N)CC)nc2cccnc21. The lowest BCUT2D eigenvalue weighted by atomic mass is 9.99. The molecule has 4 nitrogen and oxygen atoms in total. The maximum Gasteiger partial charge on any atom is 0.160 e. The van der Waals surface area contributed by atoms with Crippen molar-refractivity contribution in [2.75, 3.05) is 0 Å². The summed E-state index contributed by atoms with van der Waals surface area (Å²) in [5, 5.41) is 0. The summed E-state index contributed by atoms with van der Waals surface area (Å²) in [5.74, 6) is 0.940. The number of hydrogen-bond acceptors (Lipinski definition) is 3. The number of nitrogens with zero attached hydrogens (tertiary/aromatic N) is 3. The van der Waals surface area contributed by atoms with Crippen LogP contribution in [0.15, 0.2) is 18.3 Å². The first-order valence-electron chi connectivity index (χ1n) is 6.20. The fourth-order valence-corrected chi connectivity index (χ4v) is 1.99. The monoisotopic (exact) mass is 232 g/mol. The van der Waals surface area contributed by atoms with Crippen LogP contribution in [0.5, 0.6) is 0 Å². The Labute approximate surface area is 102 Å². The van der Waals surface area contributed by atoms with Crippen molar-refractivity contribution in [1.82, 2.24) is 14.5 Å². The fourth-order valence-electron chi connectivity index (χ4n) is 1.99. The zero-order valence-corrected chi connectivity index (χ0v) is 10.8. The Hall–Kier alpha value is -1.42. The van der Waals surface area contributed by atoms with E-state index in [9.17, 15) is 0 Å². The van der Waals surface area contributed by atoms with Gasteiger partial charge < -0.3 is 10.3 Å². The van der Waals surface area contributed by atoms with Crippen molar-refractivity contribution in [3.8, 4) is 0 Å². The summed E-state index contributed by atoms with van der Waals surface area (Å²) in [4.78, 5) is 9.06. The quantitative estimate of drug-likeness (QED) is 0.880. The van der Waals surface area contributed by atoms with Crippen LogP contribution < -0.4 is 5.73 Å². The molecule has 0 saturated carbocycles. The minimum absolute atomic E-state index is 0.393. The van der Waals surface area contributed by atoms with E-state index in [0.29, 0.717) is 0 Å². The first kappa shape index (κ1) is 12.0. The van der Waals surface area contributed by atoms with E-state index in [4.69, 9.17) is 5.73 Å². The molecule has 2 heterocycles. The van der Waals surface area contributed by atoms with Crippen molar-refractivity contribution in [1.29, 1.82) is 0 Å². The van der Waals surface area contributed by atoms with Crippen molar-refractivity contribution in [2.24, 2.45) is 5.73 Å². The van der Waals surface area contributed by atoms with E-state index in [1.54, 1.807) is 6.20 Å². The molecule has 0 amide bonds. The molecular formula is C13H20N4. The summed E-state index contributed by atoms with van der Waals surface area (Å²) in [5.41, 5.74) is 7.80. The molecule has 92 valence electrons. The van der Waals surface area contributed by atoms with E-state index in [-0.39, 0.29) is 0 Å². The van der Waals surface area contributed by atoms with Gasteiger partial charge in [-0.3, -0.25) is 0 Å². The Balaban J connectivity index is 2.65. The summed E-state index contributed by atoms with van der Waals surface area (Å²) in [6, 6.07) is 3.90. The van der Waals surface area contributed by atoms with E-state index < -0.39 is 5.54 Å². The molecule has 1 atom stereocenters. The maximum absolute atomic E-state index is 6.32. The van der Waals surface area contributed by atoms with Crippen LogP contribution in [0.25, 0.3) is 11.2 Å². The molecule has 0 radical (unpaired) electrons. The molecule has 0 fully saturated rings. The number of rotatable bonds is 4. The van der Waals surface area contributed by atoms with Crippen LogP contribution >= 0.6 is 0 Å². The molecule has 0 aromatic carbocycles. The lowest BCUT2D eigenvalue weighted by Crippen LogP contribution is -2.35. The highest BCUT2D eigenvalue weighted by molar-refractivity contribution is 5.71. The highest BCUT2D eigenvalue weighted by Gasteiger charge is 2.26. The molecule has 2 aromatic heterocycles. The minimum atomic E-state index is -0.393. The topological polar surface area (TPSA) is 56.7 Å². The molecule has 0 aliphatic carbocycles. The van der Waals surface area contributed by atoms with Crippen LogP contribution in [0.2, 0.25) is 0 Å². The zero-order chi connectivity index (χ0) is 12.5. The van der Waals surface area contributed by atoms with Crippen molar-refractivity contribution in [2.45, 2.75) is 45.7 Å². The third-order valence-electron chi connectivity index (χ3n) is 3.20. The van der Waals surface area contributed by atoms with Gasteiger partial charge in [0.2, 0.25) is 0 Å². The number of hydrogen-bond donors (Lipinski definition) is 1. The Morgan fingerprint density at radius 2 is 2.18 bits per heavy atom. The molecule has 0 aliphatic rings. The van der Waals surface area contributed by atoms with Crippen molar-refractivity contribution in [3.05, 3.63) is 24.2 Å². The molecule has 2 N–H and O–H groups in total. The predicted molar refractivity (Wildman–Crippen MR) is 69.6 cm³/mol. The molecule has 17 heavy (non-hydrogen) atoms. The van der Waals surface area contributed by atoms with Gasteiger partial charge in [0.05, 0.1) is 5.54 Å². The van der Waals surface area contributed by atoms with E-state index in [2.05, 4.69) is 28.4 Å². The lowest BCUT2D eigenvalue weighted by molar-refractivity contribution is 0.421. The first-order chi connectivity index (χ1) is 8.10. The van der Waals surface area contributed by atoms with Gasteiger partial charge in [-0.2, -0.15) is 0 Å². The lowest BCUT2D eigenvalue weighted by Gasteiger charge is -2.23. The van der Waals surface area contributed by atoms with Gasteiger partial charge in [0.15, 0.2) is 5.65 Å². The van der Waals surface area contributed by atoms with Gasteiger partial charge >= 0.3 is 0 Å². The summed E-state index contributed by atoms with van der Waals surface area (Å²) < 4.78 is 2.15. The largest absolute Gasteiger partial charge is 0.319 e. The van der Waals surface area contributed by atoms with Gasteiger partial charge in [-0.05, 0) is 31.9 Å². The second kappa shape index (κ2) is 4.45. The van der Waals surface area contributed by atoms with E-state index in [0.717, 1.165) is 36.4 Å². The summed E-state index contributed by atoms with van der Waals surface area (Å²) >= 11 is 0. The van der Waals surface area contributed by atoms with Gasteiger partial charge in [-0.15, -0.1) is 0 Å². The van der Waals surface area contributed by atoms with E-state index in [1.807, 2.05) is 19.1 Å². The minimum Gasteiger partial charge on any atom is -0.319 e. The molecule has 0 saturated heterocycles. The van der Waals surface area contributed by atoms with E-state index >= 15 is 0 Å². The normalized spacial score (nSPS) is 15.1. The van der Waals surface area contributed by atoms with E-state index in [1.165, 1.54) is 0 Å². The van der Waals surface area contributed by atoms with Crippen LogP contribution in [0.3, 0.4) is 0 Å². The highest BCUT2D eigenvalue weighted by Crippen LogP contribution is 2.24. The Morgan fingerprint density at radius 1 is 1.41 bits per heavy atom. The molecule has 4 heteroatoms.